The van der Waals surface area contributed by atoms with Crippen molar-refractivity contribution in [2.75, 3.05) is 20.2 Å². The van der Waals surface area contributed by atoms with Crippen molar-refractivity contribution in [1.82, 2.24) is 14.9 Å². The van der Waals surface area contributed by atoms with E-state index < -0.39 is 5.60 Å². The summed E-state index contributed by atoms with van der Waals surface area (Å²) in [6.45, 7) is 14.8. The molecule has 0 fully saturated rings. The molecule has 4 rings (SSSR count). The third-order valence-electron chi connectivity index (χ3n) is 5.98. The molecule has 6 nitrogen and oxygen atoms in total. The van der Waals surface area contributed by atoms with Gasteiger partial charge >= 0.3 is 6.09 Å². The van der Waals surface area contributed by atoms with Crippen LogP contribution in [0.3, 0.4) is 0 Å². The lowest BCUT2D eigenvalue weighted by molar-refractivity contribution is 0.0273. The van der Waals surface area contributed by atoms with Crippen LogP contribution in [0, 0.1) is 13.8 Å². The standard InChI is InChI=1S/C29H33N3O3/c1-8-20-16-24(21-10-9-13-32(17-21)28(33)35-29(4,5)6)31-27-22(20)11-12-23(30-27)26-19(3)14-18(2)15-25(26)34-7/h8,10-12,14-16H,1,9,13,17H2,2-7H3. The van der Waals surface area contributed by atoms with E-state index in [4.69, 9.17) is 19.4 Å². The van der Waals surface area contributed by atoms with E-state index in [0.717, 1.165) is 56.8 Å². The Hall–Kier alpha value is -3.67. The van der Waals surface area contributed by atoms with E-state index in [9.17, 15) is 4.79 Å². The number of carbonyl (C=O) groups excluding carboxylic acids is 1. The number of methoxy groups -OCH3 is 1. The van der Waals surface area contributed by atoms with Crippen molar-refractivity contribution in [2.24, 2.45) is 0 Å². The Morgan fingerprint density at radius 2 is 1.86 bits per heavy atom. The van der Waals surface area contributed by atoms with Gasteiger partial charge in [0.2, 0.25) is 0 Å². The third-order valence-corrected chi connectivity index (χ3v) is 5.98. The topological polar surface area (TPSA) is 64.6 Å². The minimum atomic E-state index is -0.537. The molecular weight excluding hydrogens is 438 g/mol. The second-order valence-electron chi connectivity index (χ2n) is 9.95. The molecule has 0 radical (unpaired) electrons. The number of hydrogen-bond acceptors (Lipinski definition) is 5. The van der Waals surface area contributed by atoms with Crippen LogP contribution in [0.25, 0.3) is 33.9 Å². The van der Waals surface area contributed by atoms with Gasteiger partial charge in [0.15, 0.2) is 5.65 Å². The maximum atomic E-state index is 12.7. The first-order valence-corrected chi connectivity index (χ1v) is 11.9. The summed E-state index contributed by atoms with van der Waals surface area (Å²) in [4.78, 5) is 24.2. The molecule has 0 N–H and O–H groups in total. The first kappa shape index (κ1) is 24.5. The highest BCUT2D eigenvalue weighted by molar-refractivity contribution is 5.90. The molecule has 0 saturated heterocycles. The molecule has 3 heterocycles. The zero-order valence-corrected chi connectivity index (χ0v) is 21.4. The Labute approximate surface area is 207 Å². The van der Waals surface area contributed by atoms with Crippen LogP contribution in [-0.2, 0) is 4.74 Å². The minimum absolute atomic E-state index is 0.310. The fourth-order valence-electron chi connectivity index (χ4n) is 4.43. The summed E-state index contributed by atoms with van der Waals surface area (Å²) < 4.78 is 11.3. The molecule has 3 aromatic rings. The molecular formula is C29H33N3O3. The molecule has 0 bridgehead atoms. The second kappa shape index (κ2) is 9.53. The highest BCUT2D eigenvalue weighted by Crippen LogP contribution is 2.35. The largest absolute Gasteiger partial charge is 0.496 e. The number of aromatic nitrogens is 2. The van der Waals surface area contributed by atoms with E-state index in [1.54, 1.807) is 12.0 Å². The van der Waals surface area contributed by atoms with Crippen LogP contribution in [0.5, 0.6) is 5.75 Å². The van der Waals surface area contributed by atoms with Crippen molar-refractivity contribution in [3.05, 3.63) is 65.4 Å². The van der Waals surface area contributed by atoms with Crippen LogP contribution >= 0.6 is 0 Å². The van der Waals surface area contributed by atoms with Gasteiger partial charge in [-0.3, -0.25) is 0 Å². The van der Waals surface area contributed by atoms with Crippen LogP contribution < -0.4 is 4.74 Å². The van der Waals surface area contributed by atoms with Gasteiger partial charge in [0.05, 0.1) is 25.0 Å². The maximum absolute atomic E-state index is 12.7. The van der Waals surface area contributed by atoms with Crippen LogP contribution in [0.15, 0.2) is 43.0 Å². The summed E-state index contributed by atoms with van der Waals surface area (Å²) in [7, 11) is 1.68. The third kappa shape index (κ3) is 5.21. The van der Waals surface area contributed by atoms with Gasteiger partial charge in [-0.1, -0.05) is 24.8 Å². The van der Waals surface area contributed by atoms with Gasteiger partial charge in [-0.25, -0.2) is 14.8 Å². The van der Waals surface area contributed by atoms with Crippen LogP contribution in [0.2, 0.25) is 0 Å². The smallest absolute Gasteiger partial charge is 0.410 e. The van der Waals surface area contributed by atoms with E-state index in [2.05, 4.69) is 32.6 Å². The van der Waals surface area contributed by atoms with E-state index >= 15 is 0 Å². The highest BCUT2D eigenvalue weighted by Gasteiger charge is 2.25. The molecule has 0 saturated carbocycles. The zero-order chi connectivity index (χ0) is 25.3. The minimum Gasteiger partial charge on any atom is -0.496 e. The van der Waals surface area contributed by atoms with Gasteiger partial charge in [0.1, 0.15) is 11.4 Å². The molecule has 6 heteroatoms. The molecule has 0 spiro atoms. The molecule has 1 amide bonds. The number of carbonyl (C=O) groups is 1. The monoisotopic (exact) mass is 471 g/mol. The van der Waals surface area contributed by atoms with Gasteiger partial charge in [0.25, 0.3) is 0 Å². The fourth-order valence-corrected chi connectivity index (χ4v) is 4.43. The average molecular weight is 472 g/mol. The first-order chi connectivity index (χ1) is 16.6. The lowest BCUT2D eigenvalue weighted by Gasteiger charge is -2.30. The summed E-state index contributed by atoms with van der Waals surface area (Å²) in [6.07, 6.45) is 4.39. The van der Waals surface area contributed by atoms with Crippen LogP contribution in [0.1, 0.15) is 49.6 Å². The summed E-state index contributed by atoms with van der Waals surface area (Å²) in [5, 5.41) is 0.927. The fraction of sp³-hybridized carbons (Fsp3) is 0.345. The number of amides is 1. The number of ether oxygens (including phenoxy) is 2. The van der Waals surface area contributed by atoms with Crippen molar-refractivity contribution >= 4 is 28.8 Å². The molecule has 2 aromatic heterocycles. The molecule has 35 heavy (non-hydrogen) atoms. The normalized spacial score (nSPS) is 14.0. The van der Waals surface area contributed by atoms with Crippen molar-refractivity contribution in [3.63, 3.8) is 0 Å². The maximum Gasteiger partial charge on any atom is 0.410 e. The highest BCUT2D eigenvalue weighted by atomic mass is 16.6. The van der Waals surface area contributed by atoms with Crippen LogP contribution in [0.4, 0.5) is 4.79 Å². The lowest BCUT2D eigenvalue weighted by Crippen LogP contribution is -2.39. The van der Waals surface area contributed by atoms with Gasteiger partial charge in [-0.15, -0.1) is 0 Å². The van der Waals surface area contributed by atoms with E-state index in [1.165, 1.54) is 0 Å². The molecule has 0 unspecified atom stereocenters. The van der Waals surface area contributed by atoms with Crippen LogP contribution in [-0.4, -0.2) is 46.8 Å². The molecule has 1 aliphatic rings. The Bertz CT molecular complexity index is 1340. The lowest BCUT2D eigenvalue weighted by atomic mass is 9.99. The van der Waals surface area contributed by atoms with E-state index in [1.807, 2.05) is 51.1 Å². The first-order valence-electron chi connectivity index (χ1n) is 11.9. The Balaban J connectivity index is 1.75. The Morgan fingerprint density at radius 3 is 2.54 bits per heavy atom. The SMILES string of the molecule is C=Cc1cc(C2=CCCN(C(=O)OC(C)(C)C)C2)nc2nc(-c3c(C)cc(C)cc3OC)ccc12. The predicted molar refractivity (Wildman–Crippen MR) is 141 cm³/mol. The number of hydrogen-bond donors (Lipinski definition) is 0. The molecule has 0 atom stereocenters. The average Bonchev–Trinajstić information content (AvgIpc) is 2.81. The molecule has 1 aromatic carbocycles. The van der Waals surface area contributed by atoms with Gasteiger partial charge in [0, 0.05) is 17.5 Å². The van der Waals surface area contributed by atoms with Crippen molar-refractivity contribution in [3.8, 4) is 17.0 Å². The van der Waals surface area contributed by atoms with Gasteiger partial charge in [-0.2, -0.15) is 0 Å². The summed E-state index contributed by atoms with van der Waals surface area (Å²) in [5.41, 5.74) is 6.81. The van der Waals surface area contributed by atoms with Crippen molar-refractivity contribution in [2.45, 2.75) is 46.6 Å². The quantitative estimate of drug-likeness (QED) is 0.429. The predicted octanol–water partition coefficient (Wildman–Crippen LogP) is 6.59. The van der Waals surface area contributed by atoms with E-state index in [-0.39, 0.29) is 6.09 Å². The number of aryl methyl sites for hydroxylation is 2. The summed E-state index contributed by atoms with van der Waals surface area (Å²) in [5.74, 6) is 0.789. The summed E-state index contributed by atoms with van der Waals surface area (Å²) in [6, 6.07) is 10.2. The molecule has 0 aliphatic carbocycles. The molecule has 182 valence electrons. The van der Waals surface area contributed by atoms with Gasteiger partial charge in [-0.05, 0) is 87.6 Å². The number of fused-ring (bicyclic) bond motifs is 1. The van der Waals surface area contributed by atoms with Gasteiger partial charge < -0.3 is 14.4 Å². The van der Waals surface area contributed by atoms with E-state index in [0.29, 0.717) is 18.7 Å². The second-order valence-corrected chi connectivity index (χ2v) is 9.95. The zero-order valence-electron chi connectivity index (χ0n) is 21.4. The number of benzene rings is 1. The number of pyridine rings is 2. The number of rotatable bonds is 4. The Morgan fingerprint density at radius 1 is 1.11 bits per heavy atom. The summed E-state index contributed by atoms with van der Waals surface area (Å²) >= 11 is 0. The molecule has 1 aliphatic heterocycles. The number of nitrogens with zero attached hydrogens (tertiary/aromatic N) is 3. The van der Waals surface area contributed by atoms with Crippen molar-refractivity contribution < 1.29 is 14.3 Å². The van der Waals surface area contributed by atoms with Crippen molar-refractivity contribution in [1.29, 1.82) is 0 Å². The Kier molecular flexibility index (Phi) is 6.66.